The lowest BCUT2D eigenvalue weighted by atomic mass is 10.1. The fourth-order valence-electron chi connectivity index (χ4n) is 3.82. The van der Waals surface area contributed by atoms with Gasteiger partial charge in [-0.05, 0) is 48.0 Å². The van der Waals surface area contributed by atoms with Crippen LogP contribution in [0.25, 0.3) is 22.6 Å². The number of rotatable bonds is 4. The molecule has 6 heteroatoms. The van der Waals surface area contributed by atoms with Crippen LogP contribution in [0.3, 0.4) is 0 Å². The van der Waals surface area contributed by atoms with Crippen LogP contribution in [0.1, 0.15) is 16.8 Å². The Bertz CT molecular complexity index is 1190. The molecule has 0 saturated heterocycles. The van der Waals surface area contributed by atoms with Crippen LogP contribution in [0.5, 0.6) is 0 Å². The van der Waals surface area contributed by atoms with Crippen molar-refractivity contribution in [3.05, 3.63) is 99.9 Å². The van der Waals surface area contributed by atoms with E-state index >= 15 is 0 Å². The van der Waals surface area contributed by atoms with Gasteiger partial charge in [0, 0.05) is 65.2 Å². The molecule has 0 atom stereocenters. The molecule has 3 heterocycles. The van der Waals surface area contributed by atoms with Gasteiger partial charge in [0.05, 0.1) is 11.4 Å². The van der Waals surface area contributed by atoms with Crippen molar-refractivity contribution in [3.63, 3.8) is 0 Å². The Morgan fingerprint density at radius 2 is 1.48 bits per heavy atom. The molecule has 1 aliphatic heterocycles. The lowest BCUT2D eigenvalue weighted by molar-refractivity contribution is 0.242. The third-order valence-corrected chi connectivity index (χ3v) is 5.99. The summed E-state index contributed by atoms with van der Waals surface area (Å²) in [6.07, 6.45) is 4.83. The third-order valence-electron chi connectivity index (χ3n) is 5.49. The minimum atomic E-state index is 0.716. The summed E-state index contributed by atoms with van der Waals surface area (Å²) in [5, 5.41) is 1.45. The van der Waals surface area contributed by atoms with E-state index in [1.54, 1.807) is 0 Å². The molecule has 5 rings (SSSR count). The Morgan fingerprint density at radius 3 is 2.16 bits per heavy atom. The predicted octanol–water partition coefficient (Wildman–Crippen LogP) is 6.07. The number of aromatic nitrogens is 3. The number of hydrogen-bond acceptors (Lipinski definition) is 4. The van der Waals surface area contributed by atoms with E-state index in [1.165, 1.54) is 11.1 Å². The van der Waals surface area contributed by atoms with Crippen LogP contribution in [0.2, 0.25) is 10.0 Å². The zero-order valence-electron chi connectivity index (χ0n) is 16.8. The zero-order valence-corrected chi connectivity index (χ0v) is 18.3. The van der Waals surface area contributed by atoms with Gasteiger partial charge in [-0.2, -0.15) is 0 Å². The van der Waals surface area contributed by atoms with E-state index in [4.69, 9.17) is 28.2 Å². The van der Waals surface area contributed by atoms with Crippen molar-refractivity contribution < 1.29 is 0 Å². The Balaban J connectivity index is 1.26. The highest BCUT2D eigenvalue weighted by molar-refractivity contribution is 6.30. The summed E-state index contributed by atoms with van der Waals surface area (Å²) in [6, 6.07) is 19.6. The zero-order chi connectivity index (χ0) is 21.2. The van der Waals surface area contributed by atoms with Crippen molar-refractivity contribution in [3.8, 4) is 22.6 Å². The van der Waals surface area contributed by atoms with Gasteiger partial charge in [0.25, 0.3) is 0 Å². The summed E-state index contributed by atoms with van der Waals surface area (Å²) in [4.78, 5) is 16.4. The summed E-state index contributed by atoms with van der Waals surface area (Å²) in [5.74, 6) is 0.755. The van der Waals surface area contributed by atoms with Gasteiger partial charge in [0.1, 0.15) is 0 Å². The van der Waals surface area contributed by atoms with E-state index < -0.39 is 0 Å². The number of hydrogen-bond donors (Lipinski definition) is 0. The van der Waals surface area contributed by atoms with Crippen LogP contribution < -0.4 is 0 Å². The van der Waals surface area contributed by atoms with Gasteiger partial charge < -0.3 is 0 Å². The molecular weight excluding hydrogens is 427 g/mol. The maximum atomic E-state index is 5.99. The molecule has 0 bridgehead atoms. The Hall–Kier alpha value is -2.79. The first-order valence-corrected chi connectivity index (χ1v) is 10.9. The minimum Gasteiger partial charge on any atom is -0.294 e. The first-order chi connectivity index (χ1) is 15.1. The van der Waals surface area contributed by atoms with E-state index in [2.05, 4.69) is 27.0 Å². The summed E-state index contributed by atoms with van der Waals surface area (Å²) in [7, 11) is 0. The Labute approximate surface area is 191 Å². The Kier molecular flexibility index (Phi) is 5.68. The average molecular weight is 447 g/mol. The highest BCUT2D eigenvalue weighted by atomic mass is 35.5. The van der Waals surface area contributed by atoms with Gasteiger partial charge in [0.15, 0.2) is 5.82 Å². The second-order valence-electron chi connectivity index (χ2n) is 7.69. The van der Waals surface area contributed by atoms with Gasteiger partial charge in [-0.3, -0.25) is 9.88 Å². The largest absolute Gasteiger partial charge is 0.294 e. The van der Waals surface area contributed by atoms with Crippen molar-refractivity contribution in [2.45, 2.75) is 19.5 Å². The number of halogens is 2. The van der Waals surface area contributed by atoms with Gasteiger partial charge in [-0.1, -0.05) is 41.4 Å². The lowest BCUT2D eigenvalue weighted by Gasteiger charge is -2.28. The first kappa shape index (κ1) is 20.1. The van der Waals surface area contributed by atoms with E-state index in [0.29, 0.717) is 5.02 Å². The highest BCUT2D eigenvalue weighted by Crippen LogP contribution is 2.24. The molecule has 0 amide bonds. The highest BCUT2D eigenvalue weighted by Gasteiger charge is 2.19. The van der Waals surface area contributed by atoms with Crippen LogP contribution in [-0.2, 0) is 19.5 Å². The predicted molar refractivity (Wildman–Crippen MR) is 125 cm³/mol. The van der Waals surface area contributed by atoms with E-state index in [9.17, 15) is 0 Å². The van der Waals surface area contributed by atoms with E-state index in [0.717, 1.165) is 59.4 Å². The lowest BCUT2D eigenvalue weighted by Crippen LogP contribution is -2.31. The van der Waals surface area contributed by atoms with Gasteiger partial charge >= 0.3 is 0 Å². The molecule has 0 N–H and O–H groups in total. The topological polar surface area (TPSA) is 41.9 Å². The molecule has 0 fully saturated rings. The molecule has 2 aromatic heterocycles. The molecular formula is C25H20Cl2N4. The van der Waals surface area contributed by atoms with Gasteiger partial charge in [-0.25, -0.2) is 9.97 Å². The minimum absolute atomic E-state index is 0.716. The van der Waals surface area contributed by atoms with Gasteiger partial charge in [0.2, 0.25) is 0 Å². The molecule has 4 nitrogen and oxygen atoms in total. The smallest absolute Gasteiger partial charge is 0.159 e. The van der Waals surface area contributed by atoms with Crippen molar-refractivity contribution in [2.75, 3.05) is 6.54 Å². The van der Waals surface area contributed by atoms with Crippen LogP contribution in [0, 0.1) is 0 Å². The number of nitrogens with zero attached hydrogens (tertiary/aromatic N) is 4. The van der Waals surface area contributed by atoms with Crippen molar-refractivity contribution >= 4 is 23.2 Å². The molecule has 2 aromatic carbocycles. The molecule has 4 aromatic rings. The summed E-state index contributed by atoms with van der Waals surface area (Å²) >= 11 is 12.0. The fraction of sp³-hybridized carbons (Fsp3) is 0.160. The number of benzene rings is 2. The first-order valence-electron chi connectivity index (χ1n) is 10.2. The average Bonchev–Trinajstić information content (AvgIpc) is 2.80. The van der Waals surface area contributed by atoms with Crippen LogP contribution in [0.4, 0.5) is 0 Å². The van der Waals surface area contributed by atoms with E-state index in [1.807, 2.05) is 60.9 Å². The third kappa shape index (κ3) is 4.62. The Morgan fingerprint density at radius 1 is 0.774 bits per heavy atom. The maximum Gasteiger partial charge on any atom is 0.159 e. The molecule has 0 radical (unpaired) electrons. The summed E-state index contributed by atoms with van der Waals surface area (Å²) in [5.41, 5.74) is 6.52. The quantitative estimate of drug-likeness (QED) is 0.381. The normalized spacial score (nSPS) is 13.7. The van der Waals surface area contributed by atoms with Crippen molar-refractivity contribution in [2.24, 2.45) is 0 Å². The van der Waals surface area contributed by atoms with Crippen molar-refractivity contribution in [1.82, 2.24) is 19.9 Å². The fourth-order valence-corrected chi connectivity index (χ4v) is 4.07. The SMILES string of the molecule is Clc1ccc(-c2ccc(CN3CCc4nc(-c5ccc(Cl)cc5)ncc4C3)cn2)cc1. The number of fused-ring (bicyclic) bond motifs is 1. The van der Waals surface area contributed by atoms with Crippen LogP contribution in [-0.4, -0.2) is 26.4 Å². The monoisotopic (exact) mass is 446 g/mol. The van der Waals surface area contributed by atoms with Crippen LogP contribution in [0.15, 0.2) is 73.1 Å². The molecule has 0 spiro atoms. The molecule has 31 heavy (non-hydrogen) atoms. The van der Waals surface area contributed by atoms with Gasteiger partial charge in [-0.15, -0.1) is 0 Å². The molecule has 0 unspecified atom stereocenters. The summed E-state index contributed by atoms with van der Waals surface area (Å²) < 4.78 is 0. The van der Waals surface area contributed by atoms with Crippen molar-refractivity contribution in [1.29, 1.82) is 0 Å². The standard InChI is InChI=1S/C25H20Cl2N4/c26-21-6-2-18(3-7-21)23-10-1-17(13-28-23)15-31-12-11-24-20(16-31)14-29-25(30-24)19-4-8-22(27)9-5-19/h1-10,13-14H,11-12,15-16H2. The molecule has 0 saturated carbocycles. The molecule has 0 aliphatic carbocycles. The van der Waals surface area contributed by atoms with Crippen LogP contribution >= 0.6 is 23.2 Å². The summed E-state index contributed by atoms with van der Waals surface area (Å²) in [6.45, 7) is 2.66. The second kappa shape index (κ2) is 8.75. The maximum absolute atomic E-state index is 5.99. The number of pyridine rings is 1. The molecule has 154 valence electrons. The van der Waals surface area contributed by atoms with E-state index in [-0.39, 0.29) is 0 Å². The molecule has 1 aliphatic rings. The second-order valence-corrected chi connectivity index (χ2v) is 8.56.